The van der Waals surface area contributed by atoms with Gasteiger partial charge < -0.3 is 0 Å². The SMILES string of the molecule is C.C.C=C/C=C(\C=C)C(CC)c1ccccc1.CC. The van der Waals surface area contributed by atoms with Crippen LogP contribution in [0.2, 0.25) is 0 Å². The lowest BCUT2D eigenvalue weighted by Gasteiger charge is -2.16. The van der Waals surface area contributed by atoms with Gasteiger partial charge in [0.25, 0.3) is 0 Å². The molecule has 1 aromatic carbocycles. The molecule has 0 spiro atoms. The van der Waals surface area contributed by atoms with Gasteiger partial charge in [-0.15, -0.1) is 0 Å². The maximum atomic E-state index is 3.86. The normalized spacial score (nSPS) is 10.8. The number of rotatable bonds is 5. The Hall–Kier alpha value is -1.56. The van der Waals surface area contributed by atoms with Crippen molar-refractivity contribution in [3.8, 4) is 0 Å². The zero-order chi connectivity index (χ0) is 13.1. The molecule has 0 heterocycles. The molecule has 0 aromatic heterocycles. The van der Waals surface area contributed by atoms with Crippen molar-refractivity contribution in [3.05, 3.63) is 72.9 Å². The molecule has 0 N–H and O–H groups in total. The monoisotopic (exact) mass is 260 g/mol. The van der Waals surface area contributed by atoms with Crippen LogP contribution in [-0.2, 0) is 0 Å². The highest BCUT2D eigenvalue weighted by Crippen LogP contribution is 2.28. The average molecular weight is 260 g/mol. The van der Waals surface area contributed by atoms with Crippen molar-refractivity contribution in [2.45, 2.75) is 48.0 Å². The van der Waals surface area contributed by atoms with E-state index in [1.807, 2.05) is 38.1 Å². The Morgan fingerprint density at radius 3 is 2.00 bits per heavy atom. The third-order valence-electron chi connectivity index (χ3n) is 2.56. The first kappa shape index (κ1) is 22.6. The second kappa shape index (κ2) is 14.5. The quantitative estimate of drug-likeness (QED) is 0.512. The van der Waals surface area contributed by atoms with Gasteiger partial charge in [-0.05, 0) is 17.6 Å². The zero-order valence-electron chi connectivity index (χ0n) is 11.3. The van der Waals surface area contributed by atoms with E-state index in [0.29, 0.717) is 5.92 Å². The molecule has 0 aliphatic carbocycles. The van der Waals surface area contributed by atoms with Crippen molar-refractivity contribution >= 4 is 0 Å². The third kappa shape index (κ3) is 7.46. The Morgan fingerprint density at radius 1 is 1.11 bits per heavy atom. The second-order valence-corrected chi connectivity index (χ2v) is 3.48. The van der Waals surface area contributed by atoms with Gasteiger partial charge in [-0.3, -0.25) is 0 Å². The lowest BCUT2D eigenvalue weighted by Crippen LogP contribution is -1.99. The van der Waals surface area contributed by atoms with Crippen LogP contribution in [0.3, 0.4) is 0 Å². The summed E-state index contributed by atoms with van der Waals surface area (Å²) in [4.78, 5) is 0. The molecule has 1 unspecified atom stereocenters. The van der Waals surface area contributed by atoms with Crippen LogP contribution in [0.1, 0.15) is 53.5 Å². The maximum absolute atomic E-state index is 3.86. The van der Waals surface area contributed by atoms with E-state index in [1.54, 1.807) is 0 Å². The van der Waals surface area contributed by atoms with Crippen LogP contribution in [0.25, 0.3) is 0 Å². The van der Waals surface area contributed by atoms with Gasteiger partial charge in [-0.2, -0.15) is 0 Å². The second-order valence-electron chi connectivity index (χ2n) is 3.48. The summed E-state index contributed by atoms with van der Waals surface area (Å²) < 4.78 is 0. The van der Waals surface area contributed by atoms with Crippen LogP contribution >= 0.6 is 0 Å². The molecule has 0 heteroatoms. The molecule has 0 saturated carbocycles. The van der Waals surface area contributed by atoms with Crippen LogP contribution < -0.4 is 0 Å². The Labute approximate surface area is 121 Å². The van der Waals surface area contributed by atoms with Gasteiger partial charge in [0.05, 0.1) is 0 Å². The Bertz CT molecular complexity index is 344. The van der Waals surface area contributed by atoms with Gasteiger partial charge in [0, 0.05) is 5.92 Å². The molecule has 0 nitrogen and oxygen atoms in total. The smallest absolute Gasteiger partial charge is 0.00865 e. The van der Waals surface area contributed by atoms with Gasteiger partial charge in [0.2, 0.25) is 0 Å². The Balaban J connectivity index is -0.000000609. The molecule has 19 heavy (non-hydrogen) atoms. The van der Waals surface area contributed by atoms with E-state index in [4.69, 9.17) is 0 Å². The molecule has 1 aromatic rings. The standard InChI is InChI=1S/C15H18.C2H6.2CH4/c1-4-10-13(5-2)15(6-3)14-11-8-7-9-12-14;1-2;;/h4-5,7-12,15H,1-2,6H2,3H3;1-2H3;2*1H4/b13-10+;;;. The fourth-order valence-electron chi connectivity index (χ4n) is 1.81. The molecule has 0 amide bonds. The van der Waals surface area contributed by atoms with E-state index in [2.05, 4.69) is 44.3 Å². The first-order valence-electron chi connectivity index (χ1n) is 6.33. The molecular formula is C19H32. The lowest BCUT2D eigenvalue weighted by atomic mass is 9.88. The minimum Gasteiger partial charge on any atom is -0.0991 e. The van der Waals surface area contributed by atoms with E-state index >= 15 is 0 Å². The van der Waals surface area contributed by atoms with Gasteiger partial charge in [-0.25, -0.2) is 0 Å². The molecule has 0 bridgehead atoms. The fourth-order valence-corrected chi connectivity index (χ4v) is 1.81. The zero-order valence-corrected chi connectivity index (χ0v) is 11.3. The van der Waals surface area contributed by atoms with E-state index in [9.17, 15) is 0 Å². The predicted molar refractivity (Wildman–Crippen MR) is 92.8 cm³/mol. The largest absolute Gasteiger partial charge is 0.0991 e. The van der Waals surface area contributed by atoms with Crippen LogP contribution in [0.4, 0.5) is 0 Å². The van der Waals surface area contributed by atoms with Crippen LogP contribution in [0.5, 0.6) is 0 Å². The van der Waals surface area contributed by atoms with Gasteiger partial charge >= 0.3 is 0 Å². The third-order valence-corrected chi connectivity index (χ3v) is 2.56. The van der Waals surface area contributed by atoms with Crippen LogP contribution in [0, 0.1) is 0 Å². The molecule has 108 valence electrons. The number of hydrogen-bond acceptors (Lipinski definition) is 0. The highest BCUT2D eigenvalue weighted by Gasteiger charge is 2.10. The molecule has 0 saturated heterocycles. The van der Waals surface area contributed by atoms with E-state index in [-0.39, 0.29) is 14.9 Å². The van der Waals surface area contributed by atoms with Crippen LogP contribution in [0.15, 0.2) is 67.3 Å². The minimum absolute atomic E-state index is 0. The van der Waals surface area contributed by atoms with Crippen molar-refractivity contribution in [1.82, 2.24) is 0 Å². The van der Waals surface area contributed by atoms with Crippen molar-refractivity contribution in [2.75, 3.05) is 0 Å². The van der Waals surface area contributed by atoms with Crippen molar-refractivity contribution in [3.63, 3.8) is 0 Å². The van der Waals surface area contributed by atoms with Crippen molar-refractivity contribution < 1.29 is 0 Å². The fraction of sp³-hybridized carbons (Fsp3) is 0.368. The highest BCUT2D eigenvalue weighted by molar-refractivity contribution is 5.35. The summed E-state index contributed by atoms with van der Waals surface area (Å²) in [7, 11) is 0. The number of benzene rings is 1. The number of allylic oxidation sites excluding steroid dienone is 4. The summed E-state index contributed by atoms with van der Waals surface area (Å²) in [5.74, 6) is 0.432. The summed E-state index contributed by atoms with van der Waals surface area (Å²) in [6.45, 7) is 13.8. The van der Waals surface area contributed by atoms with Gasteiger partial charge in [-0.1, -0.05) is 97.3 Å². The van der Waals surface area contributed by atoms with E-state index in [1.165, 1.54) is 11.1 Å². The molecule has 1 rings (SSSR count). The first-order valence-corrected chi connectivity index (χ1v) is 6.33. The summed E-state index contributed by atoms with van der Waals surface area (Å²) in [5.41, 5.74) is 2.58. The first-order chi connectivity index (χ1) is 8.33. The predicted octanol–water partition coefficient (Wildman–Crippen LogP) is 6.78. The molecule has 0 aliphatic heterocycles. The molecule has 0 fully saturated rings. The van der Waals surface area contributed by atoms with Gasteiger partial charge in [0.1, 0.15) is 0 Å². The summed E-state index contributed by atoms with van der Waals surface area (Å²) in [5, 5.41) is 0. The molecule has 0 radical (unpaired) electrons. The molecule has 0 aliphatic rings. The Morgan fingerprint density at radius 2 is 1.63 bits per heavy atom. The Kier molecular flexibility index (Phi) is 17.3. The summed E-state index contributed by atoms with van der Waals surface area (Å²) >= 11 is 0. The van der Waals surface area contributed by atoms with E-state index in [0.717, 1.165) is 6.42 Å². The molecule has 1 atom stereocenters. The highest BCUT2D eigenvalue weighted by atomic mass is 14.1. The lowest BCUT2D eigenvalue weighted by molar-refractivity contribution is 0.777. The van der Waals surface area contributed by atoms with E-state index < -0.39 is 0 Å². The van der Waals surface area contributed by atoms with Crippen LogP contribution in [-0.4, -0.2) is 0 Å². The summed E-state index contributed by atoms with van der Waals surface area (Å²) in [6, 6.07) is 10.5. The number of hydrogen-bond donors (Lipinski definition) is 0. The molecular weight excluding hydrogens is 228 g/mol. The van der Waals surface area contributed by atoms with Gasteiger partial charge in [0.15, 0.2) is 0 Å². The maximum Gasteiger partial charge on any atom is 0.00865 e. The van der Waals surface area contributed by atoms with Crippen molar-refractivity contribution in [2.24, 2.45) is 0 Å². The average Bonchev–Trinajstić information content (AvgIpc) is 2.42. The topological polar surface area (TPSA) is 0 Å². The minimum atomic E-state index is 0. The summed E-state index contributed by atoms with van der Waals surface area (Å²) in [6.07, 6.45) is 6.86. The van der Waals surface area contributed by atoms with Crippen molar-refractivity contribution in [1.29, 1.82) is 0 Å².